The fraction of sp³-hybridized carbons (Fsp3) is 0.818. The van der Waals surface area contributed by atoms with Crippen molar-refractivity contribution in [1.29, 1.82) is 0 Å². The highest BCUT2D eigenvalue weighted by Gasteiger charge is 2.41. The normalized spacial score (nSPS) is 18.1. The molecule has 0 spiro atoms. The maximum Gasteiger partial charge on any atom is 0.320 e. The van der Waals surface area contributed by atoms with Crippen LogP contribution in [-0.4, -0.2) is 33.6 Å². The number of alkyl halides is 2. The number of carbonyl (C=O) groups excluding carboxylic acids is 2. The van der Waals surface area contributed by atoms with Crippen LogP contribution in [0.5, 0.6) is 0 Å². The van der Waals surface area contributed by atoms with Crippen molar-refractivity contribution in [3.05, 3.63) is 0 Å². The van der Waals surface area contributed by atoms with Gasteiger partial charge in [0.1, 0.15) is 0 Å². The van der Waals surface area contributed by atoms with Crippen LogP contribution in [-0.2, 0) is 19.1 Å². The summed E-state index contributed by atoms with van der Waals surface area (Å²) < 4.78 is 9.99. The molecular formula is C11H18Cl2O4S2. The van der Waals surface area contributed by atoms with E-state index in [2.05, 4.69) is 25.3 Å². The maximum absolute atomic E-state index is 11.4. The predicted octanol–water partition coefficient (Wildman–Crippen LogP) is 2.87. The monoisotopic (exact) mass is 348 g/mol. The minimum atomic E-state index is -1.06. The van der Waals surface area contributed by atoms with Crippen LogP contribution in [0.15, 0.2) is 0 Å². The van der Waals surface area contributed by atoms with Crippen LogP contribution in [0.3, 0.4) is 0 Å². The highest BCUT2D eigenvalue weighted by Crippen LogP contribution is 2.35. The highest BCUT2D eigenvalue weighted by atomic mass is 35.5. The number of hydrogen-bond acceptors (Lipinski definition) is 6. The number of ether oxygens (including phenoxy) is 2. The number of rotatable bonds is 6. The van der Waals surface area contributed by atoms with Crippen LogP contribution in [0.25, 0.3) is 0 Å². The summed E-state index contributed by atoms with van der Waals surface area (Å²) >= 11 is 19.9. The average molecular weight is 349 g/mol. The quantitative estimate of drug-likeness (QED) is 0.440. The van der Waals surface area contributed by atoms with E-state index < -0.39 is 39.0 Å². The van der Waals surface area contributed by atoms with Crippen LogP contribution in [0.4, 0.5) is 0 Å². The molecule has 0 saturated carbocycles. The second kappa shape index (κ2) is 7.86. The molecule has 0 fully saturated rings. The third kappa shape index (κ3) is 6.02. The molecule has 0 saturated heterocycles. The van der Waals surface area contributed by atoms with Crippen LogP contribution >= 0.6 is 48.5 Å². The summed E-state index contributed by atoms with van der Waals surface area (Å²) in [5, 5.41) is -1.21. The largest absolute Gasteiger partial charge is 0.444 e. The summed E-state index contributed by atoms with van der Waals surface area (Å²) in [7, 11) is 0. The summed E-state index contributed by atoms with van der Waals surface area (Å²) in [6.07, 6.45) is 0. The first-order valence-electron chi connectivity index (χ1n) is 5.55. The first-order valence-corrected chi connectivity index (χ1v) is 7.46. The Bertz CT molecular complexity index is 305. The van der Waals surface area contributed by atoms with E-state index in [1.165, 1.54) is 0 Å². The van der Waals surface area contributed by atoms with Crippen LogP contribution in [0, 0.1) is 5.41 Å². The van der Waals surface area contributed by atoms with E-state index in [0.717, 1.165) is 0 Å². The average Bonchev–Trinajstić information content (AvgIpc) is 2.27. The van der Waals surface area contributed by atoms with Crippen LogP contribution in [0.1, 0.15) is 27.7 Å². The zero-order chi connectivity index (χ0) is 15.4. The minimum Gasteiger partial charge on any atom is -0.444 e. The molecule has 0 radical (unpaired) electrons. The summed E-state index contributed by atoms with van der Waals surface area (Å²) in [6, 6.07) is 0. The Labute approximate surface area is 134 Å². The van der Waals surface area contributed by atoms with Crippen molar-refractivity contribution >= 4 is 60.4 Å². The SMILES string of the molecule is CC(S)C(=O)OC(Cl)C(C)(C)C(Cl)OC(=O)C(C)S. The zero-order valence-corrected chi connectivity index (χ0v) is 14.4. The predicted molar refractivity (Wildman–Crippen MR) is 82.1 cm³/mol. The summed E-state index contributed by atoms with van der Waals surface area (Å²) in [5.74, 6) is -1.15. The lowest BCUT2D eigenvalue weighted by Gasteiger charge is -2.33. The molecule has 0 N–H and O–H groups in total. The van der Waals surface area contributed by atoms with Crippen LogP contribution < -0.4 is 0 Å². The summed E-state index contributed by atoms with van der Waals surface area (Å²) in [6.45, 7) is 6.36. The molecule has 0 heterocycles. The molecule has 4 nitrogen and oxygen atoms in total. The molecule has 4 atom stereocenters. The van der Waals surface area contributed by atoms with Crippen molar-refractivity contribution in [3.63, 3.8) is 0 Å². The molecule has 0 aromatic carbocycles. The maximum atomic E-state index is 11.4. The topological polar surface area (TPSA) is 52.6 Å². The zero-order valence-electron chi connectivity index (χ0n) is 11.1. The molecule has 8 heteroatoms. The van der Waals surface area contributed by atoms with Gasteiger partial charge in [-0.2, -0.15) is 25.3 Å². The van der Waals surface area contributed by atoms with Gasteiger partial charge in [0.25, 0.3) is 0 Å². The molecule has 0 aliphatic rings. The van der Waals surface area contributed by atoms with Crippen molar-refractivity contribution in [3.8, 4) is 0 Å². The Morgan fingerprint density at radius 2 is 1.21 bits per heavy atom. The molecule has 19 heavy (non-hydrogen) atoms. The fourth-order valence-corrected chi connectivity index (χ4v) is 1.40. The summed E-state index contributed by atoms with van der Waals surface area (Å²) in [4.78, 5) is 22.8. The van der Waals surface area contributed by atoms with Gasteiger partial charge in [-0.15, -0.1) is 0 Å². The Morgan fingerprint density at radius 3 is 1.42 bits per heavy atom. The molecule has 0 amide bonds. The molecular weight excluding hydrogens is 331 g/mol. The van der Waals surface area contributed by atoms with Crippen molar-refractivity contribution in [2.75, 3.05) is 0 Å². The smallest absolute Gasteiger partial charge is 0.320 e. The van der Waals surface area contributed by atoms with E-state index in [9.17, 15) is 9.59 Å². The first-order chi connectivity index (χ1) is 8.50. The molecule has 0 aliphatic carbocycles. The Hall–Kier alpha value is 0.220. The lowest BCUT2D eigenvalue weighted by atomic mass is 9.95. The first kappa shape index (κ1) is 19.2. The third-order valence-corrected chi connectivity index (χ3v) is 4.02. The Morgan fingerprint density at radius 1 is 0.947 bits per heavy atom. The number of thiol groups is 2. The van der Waals surface area contributed by atoms with Gasteiger partial charge in [-0.05, 0) is 13.8 Å². The lowest BCUT2D eigenvalue weighted by molar-refractivity contribution is -0.157. The molecule has 112 valence electrons. The molecule has 0 bridgehead atoms. The second-order valence-corrected chi connectivity index (χ2v) is 7.02. The van der Waals surface area contributed by atoms with E-state index in [1.54, 1.807) is 27.7 Å². The number of carbonyl (C=O) groups is 2. The van der Waals surface area contributed by atoms with E-state index in [4.69, 9.17) is 32.7 Å². The van der Waals surface area contributed by atoms with Gasteiger partial charge in [-0.25, -0.2) is 0 Å². The van der Waals surface area contributed by atoms with E-state index in [0.29, 0.717) is 0 Å². The van der Waals surface area contributed by atoms with Gasteiger partial charge in [0, 0.05) is 0 Å². The number of halogens is 2. The second-order valence-electron chi connectivity index (χ2n) is 4.68. The highest BCUT2D eigenvalue weighted by molar-refractivity contribution is 7.81. The van der Waals surface area contributed by atoms with Crippen molar-refractivity contribution in [2.24, 2.45) is 5.41 Å². The Balaban J connectivity index is 4.66. The van der Waals surface area contributed by atoms with E-state index in [-0.39, 0.29) is 0 Å². The van der Waals surface area contributed by atoms with Crippen molar-refractivity contribution < 1.29 is 19.1 Å². The minimum absolute atomic E-state index is 0.575. The van der Waals surface area contributed by atoms with Gasteiger partial charge < -0.3 is 9.47 Å². The molecule has 0 rings (SSSR count). The third-order valence-electron chi connectivity index (χ3n) is 2.29. The summed E-state index contributed by atoms with van der Waals surface area (Å²) in [5.41, 5.74) is -3.08. The van der Waals surface area contributed by atoms with Gasteiger partial charge in [0.05, 0.1) is 15.9 Å². The van der Waals surface area contributed by atoms with Gasteiger partial charge in [0.15, 0.2) is 11.1 Å². The molecule has 0 aromatic rings. The fourth-order valence-electron chi connectivity index (χ4n) is 0.808. The van der Waals surface area contributed by atoms with E-state index in [1.807, 2.05) is 0 Å². The van der Waals surface area contributed by atoms with E-state index >= 15 is 0 Å². The molecule has 4 unspecified atom stereocenters. The standard InChI is InChI=1S/C11H18Cl2O4S2/c1-5(18)7(14)16-9(12)11(3,4)10(13)17-8(15)6(2)19/h5-6,9-10,18-19H,1-4H3. The van der Waals surface area contributed by atoms with Crippen molar-refractivity contribution in [2.45, 2.75) is 49.3 Å². The Kier molecular flexibility index (Phi) is 7.95. The van der Waals surface area contributed by atoms with Gasteiger partial charge in [0.2, 0.25) is 0 Å². The number of hydrogen-bond donors (Lipinski definition) is 2. The molecule has 0 aliphatic heterocycles. The molecule has 0 aromatic heterocycles. The van der Waals surface area contributed by atoms with Gasteiger partial charge in [-0.3, -0.25) is 9.59 Å². The van der Waals surface area contributed by atoms with Gasteiger partial charge in [-0.1, -0.05) is 37.0 Å². The van der Waals surface area contributed by atoms with Crippen LogP contribution in [0.2, 0.25) is 0 Å². The number of esters is 2. The van der Waals surface area contributed by atoms with Crippen molar-refractivity contribution in [1.82, 2.24) is 0 Å². The van der Waals surface area contributed by atoms with Gasteiger partial charge >= 0.3 is 11.9 Å². The lowest BCUT2D eigenvalue weighted by Crippen LogP contribution is -2.41.